The number of carbonyl (C=O) groups excluding carboxylic acids is 2. The number of carboxylic acids is 1. The minimum absolute atomic E-state index is 0.114. The first-order chi connectivity index (χ1) is 13.8. The lowest BCUT2D eigenvalue weighted by Crippen LogP contribution is -2.43. The summed E-state index contributed by atoms with van der Waals surface area (Å²) in [5, 5.41) is 20.7. The number of aliphatic carboxylic acids is 1. The fraction of sp³-hybridized carbons (Fsp3) is 0.238. The molecule has 0 atom stereocenters. The van der Waals surface area contributed by atoms with Crippen LogP contribution in [0, 0.1) is 6.92 Å². The Kier molecular flexibility index (Phi) is 5.92. The third-order valence-electron chi connectivity index (χ3n) is 4.60. The number of amides is 2. The smallest absolute Gasteiger partial charge is 0.322 e. The fourth-order valence-corrected chi connectivity index (χ4v) is 3.00. The first kappa shape index (κ1) is 20.1. The van der Waals surface area contributed by atoms with Crippen LogP contribution in [0.3, 0.4) is 0 Å². The summed E-state index contributed by atoms with van der Waals surface area (Å²) in [6.45, 7) is 1.80. The maximum Gasteiger partial charge on any atom is 0.322 e. The summed E-state index contributed by atoms with van der Waals surface area (Å²) in [4.78, 5) is 41.1. The minimum Gasteiger partial charge on any atom is -0.511 e. The summed E-state index contributed by atoms with van der Waals surface area (Å²) < 4.78 is 0. The molecule has 0 radical (unpaired) electrons. The molecule has 0 fully saturated rings. The monoisotopic (exact) mass is 395 g/mol. The summed E-state index contributed by atoms with van der Waals surface area (Å²) in [5.74, 6) is -3.13. The molecule has 1 aromatic heterocycles. The van der Waals surface area contributed by atoms with Crippen LogP contribution in [-0.2, 0) is 20.9 Å². The van der Waals surface area contributed by atoms with Crippen LogP contribution in [0.1, 0.15) is 17.7 Å². The standard InChI is InChI=1S/C21H21N3O5/c1-13-2-4-14(5-3-13)15-6-7-16(22-10-15)12-24-9-8-17(25)19(21(24)29)20(28)23-11-18(26)27/h2-7,10,25H,8-9,11-12H2,1H3,(H,23,28)(H,26,27). The summed E-state index contributed by atoms with van der Waals surface area (Å²) in [7, 11) is 0. The molecule has 0 aliphatic carbocycles. The summed E-state index contributed by atoms with van der Waals surface area (Å²) in [5.41, 5.74) is 3.37. The largest absolute Gasteiger partial charge is 0.511 e. The molecule has 0 bridgehead atoms. The number of carboxylic acid groups (broad SMARTS) is 1. The van der Waals surface area contributed by atoms with E-state index < -0.39 is 29.9 Å². The third kappa shape index (κ3) is 4.78. The van der Waals surface area contributed by atoms with Crippen molar-refractivity contribution in [3.05, 3.63) is 65.2 Å². The van der Waals surface area contributed by atoms with Gasteiger partial charge in [-0.05, 0) is 18.6 Å². The van der Waals surface area contributed by atoms with Crippen molar-refractivity contribution in [1.29, 1.82) is 0 Å². The van der Waals surface area contributed by atoms with E-state index in [1.165, 1.54) is 10.5 Å². The van der Waals surface area contributed by atoms with Gasteiger partial charge in [-0.1, -0.05) is 35.9 Å². The average molecular weight is 395 g/mol. The van der Waals surface area contributed by atoms with Crippen LogP contribution >= 0.6 is 0 Å². The predicted octanol–water partition coefficient (Wildman–Crippen LogP) is 1.80. The van der Waals surface area contributed by atoms with Crippen LogP contribution in [0.15, 0.2) is 53.9 Å². The molecular formula is C21H21N3O5. The molecule has 29 heavy (non-hydrogen) atoms. The highest BCUT2D eigenvalue weighted by atomic mass is 16.4. The Bertz CT molecular complexity index is 965. The van der Waals surface area contributed by atoms with Gasteiger partial charge < -0.3 is 20.4 Å². The van der Waals surface area contributed by atoms with E-state index >= 15 is 0 Å². The highest BCUT2D eigenvalue weighted by Gasteiger charge is 2.32. The van der Waals surface area contributed by atoms with Gasteiger partial charge in [-0.15, -0.1) is 0 Å². The lowest BCUT2D eigenvalue weighted by Gasteiger charge is -2.27. The second-order valence-electron chi connectivity index (χ2n) is 6.78. The second kappa shape index (κ2) is 8.55. The SMILES string of the molecule is Cc1ccc(-c2ccc(CN3CCC(O)=C(C(=O)NCC(=O)O)C3=O)nc2)cc1. The number of rotatable bonds is 6. The Balaban J connectivity index is 1.70. The zero-order valence-corrected chi connectivity index (χ0v) is 15.9. The second-order valence-corrected chi connectivity index (χ2v) is 6.78. The molecular weight excluding hydrogens is 374 g/mol. The molecule has 1 aliphatic heterocycles. The number of pyridine rings is 1. The van der Waals surface area contributed by atoms with Crippen molar-refractivity contribution in [2.45, 2.75) is 19.9 Å². The molecule has 0 saturated carbocycles. The fourth-order valence-electron chi connectivity index (χ4n) is 3.00. The van der Waals surface area contributed by atoms with Gasteiger partial charge in [-0.25, -0.2) is 0 Å². The molecule has 1 aliphatic rings. The number of nitrogens with one attached hydrogen (secondary N) is 1. The first-order valence-electron chi connectivity index (χ1n) is 9.08. The van der Waals surface area contributed by atoms with Crippen LogP contribution in [-0.4, -0.2) is 51.0 Å². The van der Waals surface area contributed by atoms with Gasteiger partial charge in [0.25, 0.3) is 11.8 Å². The maximum atomic E-state index is 12.6. The van der Waals surface area contributed by atoms with Crippen molar-refractivity contribution in [2.24, 2.45) is 0 Å². The highest BCUT2D eigenvalue weighted by molar-refractivity contribution is 6.19. The zero-order valence-electron chi connectivity index (χ0n) is 15.9. The number of aryl methyl sites for hydroxylation is 1. The average Bonchev–Trinajstić information content (AvgIpc) is 2.70. The molecule has 2 amide bonds. The lowest BCUT2D eigenvalue weighted by molar-refractivity contribution is -0.138. The van der Waals surface area contributed by atoms with Crippen LogP contribution in [0.25, 0.3) is 11.1 Å². The van der Waals surface area contributed by atoms with E-state index in [2.05, 4.69) is 10.3 Å². The number of hydrogen-bond donors (Lipinski definition) is 3. The zero-order chi connectivity index (χ0) is 21.0. The van der Waals surface area contributed by atoms with E-state index in [9.17, 15) is 19.5 Å². The number of benzene rings is 1. The van der Waals surface area contributed by atoms with Crippen molar-refractivity contribution in [3.63, 3.8) is 0 Å². The summed E-state index contributed by atoms with van der Waals surface area (Å²) in [6.07, 6.45) is 1.84. The molecule has 0 spiro atoms. The van der Waals surface area contributed by atoms with E-state index in [1.54, 1.807) is 6.20 Å². The number of hydrogen-bond acceptors (Lipinski definition) is 5. The number of aliphatic hydroxyl groups excluding tert-OH is 1. The van der Waals surface area contributed by atoms with Gasteiger partial charge in [0.05, 0.1) is 12.2 Å². The van der Waals surface area contributed by atoms with Crippen molar-refractivity contribution in [1.82, 2.24) is 15.2 Å². The molecule has 2 aromatic rings. The van der Waals surface area contributed by atoms with E-state index in [-0.39, 0.29) is 25.3 Å². The van der Waals surface area contributed by atoms with Crippen molar-refractivity contribution in [2.75, 3.05) is 13.1 Å². The highest BCUT2D eigenvalue weighted by Crippen LogP contribution is 2.22. The molecule has 0 saturated heterocycles. The number of carbonyl (C=O) groups is 3. The molecule has 0 unspecified atom stereocenters. The Morgan fingerprint density at radius 1 is 1.14 bits per heavy atom. The van der Waals surface area contributed by atoms with Crippen molar-refractivity contribution < 1.29 is 24.6 Å². The number of aromatic nitrogens is 1. The lowest BCUT2D eigenvalue weighted by atomic mass is 10.0. The summed E-state index contributed by atoms with van der Waals surface area (Å²) >= 11 is 0. The van der Waals surface area contributed by atoms with Gasteiger partial charge in [0.15, 0.2) is 0 Å². The normalized spacial score (nSPS) is 14.1. The molecule has 8 heteroatoms. The Morgan fingerprint density at radius 3 is 2.45 bits per heavy atom. The molecule has 1 aromatic carbocycles. The van der Waals surface area contributed by atoms with Gasteiger partial charge in [0.1, 0.15) is 17.9 Å². The number of aliphatic hydroxyl groups is 1. The van der Waals surface area contributed by atoms with Crippen LogP contribution < -0.4 is 5.32 Å². The van der Waals surface area contributed by atoms with E-state index in [4.69, 9.17) is 5.11 Å². The topological polar surface area (TPSA) is 120 Å². The van der Waals surface area contributed by atoms with Gasteiger partial charge in [-0.3, -0.25) is 19.4 Å². The first-order valence-corrected chi connectivity index (χ1v) is 9.08. The summed E-state index contributed by atoms with van der Waals surface area (Å²) in [6, 6.07) is 11.8. The maximum absolute atomic E-state index is 12.6. The van der Waals surface area contributed by atoms with Gasteiger partial charge in [0.2, 0.25) is 0 Å². The Hall–Kier alpha value is -3.68. The van der Waals surface area contributed by atoms with Gasteiger partial charge in [0, 0.05) is 24.7 Å². The number of nitrogens with zero attached hydrogens (tertiary/aromatic N) is 2. The van der Waals surface area contributed by atoms with Crippen LogP contribution in [0.2, 0.25) is 0 Å². The van der Waals surface area contributed by atoms with Crippen LogP contribution in [0.5, 0.6) is 0 Å². The minimum atomic E-state index is -1.24. The third-order valence-corrected chi connectivity index (χ3v) is 4.60. The van der Waals surface area contributed by atoms with Crippen molar-refractivity contribution in [3.8, 4) is 11.1 Å². The quantitative estimate of drug-likeness (QED) is 0.642. The molecule has 150 valence electrons. The van der Waals surface area contributed by atoms with Crippen molar-refractivity contribution >= 4 is 17.8 Å². The van der Waals surface area contributed by atoms with Crippen LogP contribution in [0.4, 0.5) is 0 Å². The van der Waals surface area contributed by atoms with Gasteiger partial charge in [-0.2, -0.15) is 0 Å². The van der Waals surface area contributed by atoms with E-state index in [0.29, 0.717) is 5.69 Å². The Morgan fingerprint density at radius 2 is 1.83 bits per heavy atom. The van der Waals surface area contributed by atoms with E-state index in [0.717, 1.165) is 11.1 Å². The molecule has 3 rings (SSSR count). The van der Waals surface area contributed by atoms with E-state index in [1.807, 2.05) is 43.3 Å². The predicted molar refractivity (Wildman–Crippen MR) is 105 cm³/mol. The molecule has 3 N–H and O–H groups in total. The van der Waals surface area contributed by atoms with Gasteiger partial charge >= 0.3 is 5.97 Å². The molecule has 8 nitrogen and oxygen atoms in total. The Labute approximate surface area is 167 Å². The molecule has 2 heterocycles.